The lowest BCUT2D eigenvalue weighted by Crippen LogP contribution is -2.46. The zero-order valence-electron chi connectivity index (χ0n) is 13.2. The Labute approximate surface area is 149 Å². The zero-order chi connectivity index (χ0) is 16.4. The number of aromatic nitrogens is 2. The van der Waals surface area contributed by atoms with Crippen molar-refractivity contribution in [2.24, 2.45) is 0 Å². The van der Waals surface area contributed by atoms with Gasteiger partial charge in [-0.1, -0.05) is 24.3 Å². The van der Waals surface area contributed by atoms with Crippen LogP contribution in [0.15, 0.2) is 52.3 Å². The maximum absolute atomic E-state index is 5.63. The topological polar surface area (TPSA) is 37.4 Å². The van der Waals surface area contributed by atoms with Crippen molar-refractivity contribution in [1.82, 2.24) is 14.7 Å². The maximum Gasteiger partial charge on any atom is 0.288 e. The van der Waals surface area contributed by atoms with Crippen LogP contribution in [-0.2, 0) is 6.67 Å². The summed E-state index contributed by atoms with van der Waals surface area (Å²) in [7, 11) is 0. The van der Waals surface area contributed by atoms with E-state index in [1.807, 2.05) is 17.5 Å². The molecule has 0 bridgehead atoms. The molecule has 24 heavy (non-hydrogen) atoms. The Hall–Kier alpha value is -1.96. The quantitative estimate of drug-likeness (QED) is 0.665. The number of para-hydroxylation sites is 1. The van der Waals surface area contributed by atoms with Crippen molar-refractivity contribution in [2.75, 3.05) is 31.1 Å². The van der Waals surface area contributed by atoms with Crippen LogP contribution >= 0.6 is 23.6 Å². The van der Waals surface area contributed by atoms with Crippen molar-refractivity contribution >= 4 is 29.2 Å². The largest absolute Gasteiger partial charge is 0.408 e. The van der Waals surface area contributed by atoms with E-state index < -0.39 is 0 Å². The van der Waals surface area contributed by atoms with Gasteiger partial charge in [-0.25, -0.2) is 4.68 Å². The average molecular weight is 358 g/mol. The highest BCUT2D eigenvalue weighted by Crippen LogP contribution is 2.23. The van der Waals surface area contributed by atoms with E-state index in [4.69, 9.17) is 16.6 Å². The van der Waals surface area contributed by atoms with Crippen LogP contribution in [0.5, 0.6) is 0 Å². The molecule has 1 saturated heterocycles. The fourth-order valence-corrected chi connectivity index (χ4v) is 3.69. The van der Waals surface area contributed by atoms with E-state index >= 15 is 0 Å². The summed E-state index contributed by atoms with van der Waals surface area (Å²) in [6, 6.07) is 14.5. The molecule has 124 valence electrons. The Morgan fingerprint density at radius 1 is 1.04 bits per heavy atom. The molecule has 0 saturated carbocycles. The number of anilines is 1. The van der Waals surface area contributed by atoms with Gasteiger partial charge >= 0.3 is 0 Å². The highest BCUT2D eigenvalue weighted by atomic mass is 32.1. The first kappa shape index (κ1) is 15.6. The summed E-state index contributed by atoms with van der Waals surface area (Å²) in [6.45, 7) is 4.66. The first-order chi connectivity index (χ1) is 11.8. The highest BCUT2D eigenvalue weighted by Gasteiger charge is 2.19. The van der Waals surface area contributed by atoms with Gasteiger partial charge in [-0.05, 0) is 35.8 Å². The average Bonchev–Trinajstić information content (AvgIpc) is 3.27. The van der Waals surface area contributed by atoms with E-state index in [0.29, 0.717) is 17.4 Å². The van der Waals surface area contributed by atoms with Gasteiger partial charge in [0.2, 0.25) is 0 Å². The zero-order valence-corrected chi connectivity index (χ0v) is 14.8. The molecule has 1 aromatic carbocycles. The van der Waals surface area contributed by atoms with Crippen LogP contribution in [0.4, 0.5) is 5.69 Å². The molecule has 1 aliphatic rings. The molecule has 3 heterocycles. The lowest BCUT2D eigenvalue weighted by Gasteiger charge is -2.35. The molecule has 5 nitrogen and oxygen atoms in total. The van der Waals surface area contributed by atoms with Crippen LogP contribution < -0.4 is 4.90 Å². The molecule has 3 aromatic rings. The molecule has 0 spiro atoms. The fourth-order valence-electron chi connectivity index (χ4n) is 2.87. The standard InChI is InChI=1S/C17H18N4OS2/c23-17-21(18-16(22-17)15-7-4-12-24-15)13-19-8-10-20(11-9-19)14-5-2-1-3-6-14/h1-7,12H,8-11,13H2. The molecule has 0 unspecified atom stereocenters. The number of rotatable bonds is 4. The second-order valence-electron chi connectivity index (χ2n) is 5.73. The number of piperazine rings is 1. The van der Waals surface area contributed by atoms with E-state index in [0.717, 1.165) is 31.1 Å². The van der Waals surface area contributed by atoms with Crippen molar-refractivity contribution in [3.8, 4) is 10.8 Å². The van der Waals surface area contributed by atoms with Crippen LogP contribution in [0, 0.1) is 4.84 Å². The van der Waals surface area contributed by atoms with Gasteiger partial charge in [-0.3, -0.25) is 4.90 Å². The first-order valence-corrected chi connectivity index (χ1v) is 9.22. The van der Waals surface area contributed by atoms with E-state index in [1.165, 1.54) is 5.69 Å². The molecular weight excluding hydrogens is 340 g/mol. The van der Waals surface area contributed by atoms with E-state index in [-0.39, 0.29) is 0 Å². The predicted octanol–water partition coefficient (Wildman–Crippen LogP) is 3.71. The lowest BCUT2D eigenvalue weighted by atomic mass is 10.2. The highest BCUT2D eigenvalue weighted by molar-refractivity contribution is 7.71. The molecule has 7 heteroatoms. The minimum Gasteiger partial charge on any atom is -0.408 e. The molecule has 0 radical (unpaired) electrons. The normalized spacial score (nSPS) is 15.8. The second-order valence-corrected chi connectivity index (χ2v) is 7.03. The SMILES string of the molecule is S=c1oc(-c2cccs2)nn1CN1CCN(c2ccccc2)CC1. The van der Waals surface area contributed by atoms with Crippen LogP contribution in [0.1, 0.15) is 0 Å². The minimum atomic E-state index is 0.434. The first-order valence-electron chi connectivity index (χ1n) is 7.94. The molecule has 4 rings (SSSR count). The van der Waals surface area contributed by atoms with Crippen LogP contribution in [0.3, 0.4) is 0 Å². The van der Waals surface area contributed by atoms with Crippen molar-refractivity contribution < 1.29 is 4.42 Å². The Bertz CT molecular complexity index is 833. The number of hydrogen-bond donors (Lipinski definition) is 0. The molecule has 0 aliphatic carbocycles. The lowest BCUT2D eigenvalue weighted by molar-refractivity contribution is 0.192. The van der Waals surface area contributed by atoms with E-state index in [1.54, 1.807) is 16.0 Å². The van der Waals surface area contributed by atoms with Crippen molar-refractivity contribution in [1.29, 1.82) is 0 Å². The van der Waals surface area contributed by atoms with E-state index in [2.05, 4.69) is 45.2 Å². The summed E-state index contributed by atoms with van der Waals surface area (Å²) in [5, 5.41) is 6.53. The third-order valence-electron chi connectivity index (χ3n) is 4.17. The molecule has 0 amide bonds. The van der Waals surface area contributed by atoms with Gasteiger partial charge in [0.1, 0.15) is 0 Å². The van der Waals surface area contributed by atoms with Gasteiger partial charge in [-0.2, -0.15) is 0 Å². The molecule has 1 aliphatic heterocycles. The maximum atomic E-state index is 5.63. The van der Waals surface area contributed by atoms with Gasteiger partial charge in [0.05, 0.1) is 11.5 Å². The van der Waals surface area contributed by atoms with Crippen molar-refractivity contribution in [3.63, 3.8) is 0 Å². The van der Waals surface area contributed by atoms with Crippen molar-refractivity contribution in [2.45, 2.75) is 6.67 Å². The van der Waals surface area contributed by atoms with Crippen molar-refractivity contribution in [3.05, 3.63) is 52.7 Å². The predicted molar refractivity (Wildman–Crippen MR) is 98.9 cm³/mol. The summed E-state index contributed by atoms with van der Waals surface area (Å²) in [4.78, 5) is 6.21. The monoisotopic (exact) mass is 358 g/mol. The summed E-state index contributed by atoms with van der Waals surface area (Å²) in [6.07, 6.45) is 0. The van der Waals surface area contributed by atoms with Crippen LogP contribution in [-0.4, -0.2) is 40.9 Å². The fraction of sp³-hybridized carbons (Fsp3) is 0.294. The molecular formula is C17H18N4OS2. The Morgan fingerprint density at radius 2 is 1.83 bits per heavy atom. The molecule has 1 fully saturated rings. The smallest absolute Gasteiger partial charge is 0.288 e. The van der Waals surface area contributed by atoms with Gasteiger partial charge in [0.15, 0.2) is 0 Å². The molecule has 2 aromatic heterocycles. The van der Waals surface area contributed by atoms with Crippen LogP contribution in [0.2, 0.25) is 0 Å². The summed E-state index contributed by atoms with van der Waals surface area (Å²) < 4.78 is 7.41. The summed E-state index contributed by atoms with van der Waals surface area (Å²) in [5.74, 6) is 0.609. The van der Waals surface area contributed by atoms with Gasteiger partial charge < -0.3 is 9.32 Å². The molecule has 0 N–H and O–H groups in total. The third-order valence-corrected chi connectivity index (χ3v) is 5.32. The van der Waals surface area contributed by atoms with Gasteiger partial charge in [0.25, 0.3) is 10.7 Å². The summed E-state index contributed by atoms with van der Waals surface area (Å²) in [5.41, 5.74) is 1.29. The Balaban J connectivity index is 1.40. The van der Waals surface area contributed by atoms with Crippen LogP contribution in [0.25, 0.3) is 10.8 Å². The van der Waals surface area contributed by atoms with Gasteiger partial charge in [-0.15, -0.1) is 16.4 Å². The second kappa shape index (κ2) is 6.88. The Kier molecular flexibility index (Phi) is 4.46. The third kappa shape index (κ3) is 3.28. The number of nitrogens with zero attached hydrogens (tertiary/aromatic N) is 4. The number of hydrogen-bond acceptors (Lipinski definition) is 6. The molecule has 0 atom stereocenters. The number of thiophene rings is 1. The minimum absolute atomic E-state index is 0.434. The van der Waals surface area contributed by atoms with Gasteiger partial charge in [0, 0.05) is 31.9 Å². The van der Waals surface area contributed by atoms with E-state index in [9.17, 15) is 0 Å². The summed E-state index contributed by atoms with van der Waals surface area (Å²) >= 11 is 6.92. The number of benzene rings is 1. The Morgan fingerprint density at radius 3 is 2.54 bits per heavy atom.